The Morgan fingerprint density at radius 1 is 1.03 bits per heavy atom. The predicted octanol–water partition coefficient (Wildman–Crippen LogP) is 5.56. The number of hydrogen-bond acceptors (Lipinski definition) is 4. The van der Waals surface area contributed by atoms with Crippen LogP contribution in [-0.2, 0) is 20.7 Å². The van der Waals surface area contributed by atoms with Crippen LogP contribution in [0.25, 0.3) is 0 Å². The fraction of sp³-hybridized carbons (Fsp3) is 0.636. The highest BCUT2D eigenvalue weighted by Gasteiger charge is 2.26. The second-order valence-corrected chi connectivity index (χ2v) is 9.56. The van der Waals surface area contributed by atoms with Gasteiger partial charge in [-0.25, -0.2) is 4.21 Å². The number of aliphatic carboxylic acids is 1. The first-order chi connectivity index (χ1) is 14.5. The zero-order chi connectivity index (χ0) is 22.2. The number of thioether (sulfide) groups is 1. The van der Waals surface area contributed by atoms with Gasteiger partial charge in [0.15, 0.2) is 11.1 Å². The van der Waals surface area contributed by atoms with Crippen molar-refractivity contribution in [1.29, 1.82) is 0 Å². The van der Waals surface area contributed by atoms with Crippen LogP contribution < -0.4 is 5.32 Å². The van der Waals surface area contributed by atoms with Crippen LogP contribution in [0.3, 0.4) is 0 Å². The first-order valence-electron chi connectivity index (χ1n) is 10.8. The number of rotatable bonds is 17. The lowest BCUT2D eigenvalue weighted by Gasteiger charge is -2.15. The minimum absolute atomic E-state index is 0.298. The number of carbonyl (C=O) groups is 2. The Bertz CT molecular complexity index is 669. The van der Waals surface area contributed by atoms with E-state index in [1.807, 2.05) is 18.2 Å². The lowest BCUT2D eigenvalue weighted by molar-refractivity contribution is -0.145. The van der Waals surface area contributed by atoms with Gasteiger partial charge in [-0.15, -0.1) is 11.8 Å². The summed E-state index contributed by atoms with van der Waals surface area (Å²) in [5, 5.41) is 12.3. The van der Waals surface area contributed by atoms with Crippen LogP contribution in [0, 0.1) is 5.92 Å². The normalized spacial score (nSPS) is 13.0. The van der Waals surface area contributed by atoms with E-state index < -0.39 is 28.9 Å². The summed E-state index contributed by atoms with van der Waals surface area (Å²) in [5.41, 5.74) is 0.637. The largest absolute Gasteiger partial charge is 0.481 e. The molecule has 2 unspecified atom stereocenters. The van der Waals surface area contributed by atoms with Gasteiger partial charge >= 0.3 is 5.97 Å². The van der Waals surface area contributed by atoms with Gasteiger partial charge in [0.05, 0.1) is 5.69 Å². The van der Waals surface area contributed by atoms with E-state index in [2.05, 4.69) is 12.2 Å². The van der Waals surface area contributed by atoms with Crippen LogP contribution in [0.1, 0.15) is 71.1 Å². The topological polar surface area (TPSA) is 104 Å². The van der Waals surface area contributed by atoms with E-state index in [4.69, 9.17) is 4.55 Å². The second kappa shape index (κ2) is 16.3. The maximum Gasteiger partial charge on any atom is 0.316 e. The molecular formula is C22H35NO5S2. The number of carboxylic acids is 1. The Morgan fingerprint density at radius 3 is 2.40 bits per heavy atom. The van der Waals surface area contributed by atoms with Gasteiger partial charge in [0.2, 0.25) is 5.91 Å². The molecule has 1 aromatic carbocycles. The Hall–Kier alpha value is -1.38. The zero-order valence-electron chi connectivity index (χ0n) is 17.8. The molecule has 170 valence electrons. The summed E-state index contributed by atoms with van der Waals surface area (Å²) >= 11 is -0.137. The SMILES string of the molecule is CCCCCCCCC(C(=O)O)C(=O)Nc1ccccc1SCCCCCS(=O)O. The highest BCUT2D eigenvalue weighted by Crippen LogP contribution is 2.28. The third-order valence-corrected chi connectivity index (χ3v) is 6.62. The molecule has 0 bridgehead atoms. The fourth-order valence-electron chi connectivity index (χ4n) is 3.10. The summed E-state index contributed by atoms with van der Waals surface area (Å²) in [6, 6.07) is 7.41. The molecule has 6 nitrogen and oxygen atoms in total. The zero-order valence-corrected chi connectivity index (χ0v) is 19.4. The van der Waals surface area contributed by atoms with Crippen molar-refractivity contribution in [2.75, 3.05) is 16.8 Å². The smallest absolute Gasteiger partial charge is 0.316 e. The van der Waals surface area contributed by atoms with Crippen molar-refractivity contribution < 1.29 is 23.5 Å². The number of unbranched alkanes of at least 4 members (excludes halogenated alkanes) is 7. The molecule has 0 saturated heterocycles. The van der Waals surface area contributed by atoms with Crippen LogP contribution in [0.15, 0.2) is 29.2 Å². The highest BCUT2D eigenvalue weighted by atomic mass is 32.2. The number of carbonyl (C=O) groups excluding carboxylic acids is 1. The number of carboxylic acid groups (broad SMARTS) is 1. The standard InChI is InChI=1S/C22H35NO5S2/c1-2-3-4-5-6-8-13-18(22(25)26)21(24)23-19-14-9-10-15-20(19)29-16-11-7-12-17-30(27)28/h9-10,14-15,18H,2-8,11-13,16-17H2,1H3,(H,23,24)(H,25,26)(H,27,28). The van der Waals surface area contributed by atoms with E-state index in [9.17, 15) is 18.9 Å². The van der Waals surface area contributed by atoms with E-state index in [0.29, 0.717) is 24.3 Å². The quantitative estimate of drug-likeness (QED) is 0.122. The van der Waals surface area contributed by atoms with Crippen molar-refractivity contribution in [2.24, 2.45) is 5.92 Å². The minimum Gasteiger partial charge on any atom is -0.481 e. The number of para-hydroxylation sites is 1. The van der Waals surface area contributed by atoms with Gasteiger partial charge in [-0.05, 0) is 37.1 Å². The van der Waals surface area contributed by atoms with Crippen molar-refractivity contribution in [2.45, 2.75) is 76.0 Å². The molecule has 1 aromatic rings. The third-order valence-electron chi connectivity index (χ3n) is 4.83. The molecule has 3 N–H and O–H groups in total. The highest BCUT2D eigenvalue weighted by molar-refractivity contribution is 7.99. The average molecular weight is 458 g/mol. The molecule has 0 fully saturated rings. The van der Waals surface area contributed by atoms with Crippen LogP contribution in [0.2, 0.25) is 0 Å². The molecule has 1 amide bonds. The van der Waals surface area contributed by atoms with Crippen molar-refractivity contribution >= 4 is 40.4 Å². The van der Waals surface area contributed by atoms with Gasteiger partial charge in [0, 0.05) is 10.6 Å². The molecule has 0 heterocycles. The summed E-state index contributed by atoms with van der Waals surface area (Å²) in [7, 11) is 0. The lowest BCUT2D eigenvalue weighted by Crippen LogP contribution is -2.29. The Morgan fingerprint density at radius 2 is 1.70 bits per heavy atom. The first kappa shape index (κ1) is 26.7. The van der Waals surface area contributed by atoms with Crippen LogP contribution >= 0.6 is 11.8 Å². The first-order valence-corrected chi connectivity index (χ1v) is 13.0. The Kier molecular flexibility index (Phi) is 14.5. The maximum atomic E-state index is 12.6. The fourth-order valence-corrected chi connectivity index (χ4v) is 4.57. The molecule has 30 heavy (non-hydrogen) atoms. The molecule has 0 aliphatic heterocycles. The van der Waals surface area contributed by atoms with Crippen molar-refractivity contribution in [1.82, 2.24) is 0 Å². The number of amides is 1. The van der Waals surface area contributed by atoms with Gasteiger partial charge < -0.3 is 15.0 Å². The summed E-state index contributed by atoms with van der Waals surface area (Å²) < 4.78 is 19.4. The van der Waals surface area contributed by atoms with Gasteiger partial charge in [-0.1, -0.05) is 64.0 Å². The Balaban J connectivity index is 2.51. The van der Waals surface area contributed by atoms with Crippen LogP contribution in [0.4, 0.5) is 5.69 Å². The van der Waals surface area contributed by atoms with E-state index in [0.717, 1.165) is 49.2 Å². The molecular weight excluding hydrogens is 422 g/mol. The molecule has 0 spiro atoms. The molecule has 2 atom stereocenters. The van der Waals surface area contributed by atoms with Crippen LogP contribution in [-0.4, -0.2) is 37.3 Å². The molecule has 1 rings (SSSR count). The van der Waals surface area contributed by atoms with Gasteiger partial charge in [-0.3, -0.25) is 9.59 Å². The molecule has 8 heteroatoms. The molecule has 0 aromatic heterocycles. The second-order valence-electron chi connectivity index (χ2n) is 7.37. The van der Waals surface area contributed by atoms with Gasteiger partial charge in [0.1, 0.15) is 5.92 Å². The average Bonchev–Trinajstić information content (AvgIpc) is 2.70. The van der Waals surface area contributed by atoms with Crippen LogP contribution in [0.5, 0.6) is 0 Å². The summed E-state index contributed by atoms with van der Waals surface area (Å²) in [5.74, 6) is -1.45. The van der Waals surface area contributed by atoms with E-state index >= 15 is 0 Å². The molecule has 0 saturated carbocycles. The molecule has 0 radical (unpaired) electrons. The summed E-state index contributed by atoms with van der Waals surface area (Å²) in [6.45, 7) is 2.15. The predicted molar refractivity (Wildman–Crippen MR) is 124 cm³/mol. The summed E-state index contributed by atoms with van der Waals surface area (Å²) in [4.78, 5) is 25.1. The number of hydrogen-bond donors (Lipinski definition) is 3. The maximum absolute atomic E-state index is 12.6. The number of anilines is 1. The van der Waals surface area contributed by atoms with E-state index in [1.54, 1.807) is 17.8 Å². The lowest BCUT2D eigenvalue weighted by atomic mass is 9.99. The van der Waals surface area contributed by atoms with Crippen molar-refractivity contribution in [3.8, 4) is 0 Å². The van der Waals surface area contributed by atoms with Gasteiger partial charge in [0.25, 0.3) is 0 Å². The van der Waals surface area contributed by atoms with Gasteiger partial charge in [-0.2, -0.15) is 0 Å². The Labute approximate surface area is 186 Å². The van der Waals surface area contributed by atoms with E-state index in [-0.39, 0.29) is 0 Å². The molecule has 0 aliphatic carbocycles. The third kappa shape index (κ3) is 11.7. The number of benzene rings is 1. The minimum atomic E-state index is -1.73. The summed E-state index contributed by atoms with van der Waals surface area (Å²) in [6.07, 6.45) is 9.12. The monoisotopic (exact) mass is 457 g/mol. The molecule has 0 aliphatic rings. The van der Waals surface area contributed by atoms with Crippen molar-refractivity contribution in [3.05, 3.63) is 24.3 Å². The van der Waals surface area contributed by atoms with E-state index in [1.165, 1.54) is 12.8 Å². The van der Waals surface area contributed by atoms with Crippen molar-refractivity contribution in [3.63, 3.8) is 0 Å². The number of nitrogens with one attached hydrogen (secondary N) is 1.